The lowest BCUT2D eigenvalue weighted by Gasteiger charge is -2.32. The zero-order valence-electron chi connectivity index (χ0n) is 17.0. The molecule has 30 heavy (non-hydrogen) atoms. The van der Waals surface area contributed by atoms with Gasteiger partial charge in [-0.3, -0.25) is 4.79 Å². The van der Waals surface area contributed by atoms with Crippen molar-refractivity contribution in [2.24, 2.45) is 0 Å². The third-order valence-corrected chi connectivity index (χ3v) is 5.90. The molecule has 1 saturated carbocycles. The maximum atomic E-state index is 13.4. The van der Waals surface area contributed by atoms with Gasteiger partial charge >= 0.3 is 6.18 Å². The zero-order chi connectivity index (χ0) is 21.7. The van der Waals surface area contributed by atoms with E-state index in [1.807, 2.05) is 4.90 Å². The van der Waals surface area contributed by atoms with Crippen LogP contribution in [0.25, 0.3) is 0 Å². The largest absolute Gasteiger partial charge is 0.455 e. The molecule has 2 aromatic rings. The van der Waals surface area contributed by atoms with Crippen LogP contribution in [0.1, 0.15) is 61.0 Å². The number of nitrogens with zero attached hydrogens (tertiary/aromatic N) is 3. The summed E-state index contributed by atoms with van der Waals surface area (Å²) in [6, 6.07) is 4.35. The minimum atomic E-state index is -4.56. The molecule has 2 heterocycles. The van der Waals surface area contributed by atoms with E-state index in [9.17, 15) is 18.0 Å². The molecule has 1 amide bonds. The quantitative estimate of drug-likeness (QED) is 0.486. The van der Waals surface area contributed by atoms with Gasteiger partial charge < -0.3 is 14.6 Å². The van der Waals surface area contributed by atoms with E-state index < -0.39 is 11.9 Å². The third-order valence-electron chi connectivity index (χ3n) is 5.03. The maximum absolute atomic E-state index is 13.4. The molecule has 0 saturated heterocycles. The molecule has 0 bridgehead atoms. The van der Waals surface area contributed by atoms with Gasteiger partial charge in [-0.25, -0.2) is 9.97 Å². The van der Waals surface area contributed by atoms with Gasteiger partial charge in [0, 0.05) is 25.7 Å². The predicted octanol–water partition coefficient (Wildman–Crippen LogP) is 4.90. The maximum Gasteiger partial charge on any atom is 0.433 e. The number of amides is 1. The van der Waals surface area contributed by atoms with Gasteiger partial charge in [-0.15, -0.1) is 0 Å². The van der Waals surface area contributed by atoms with Crippen LogP contribution >= 0.6 is 11.8 Å². The van der Waals surface area contributed by atoms with Crippen LogP contribution in [0.4, 0.5) is 19.0 Å². The van der Waals surface area contributed by atoms with Crippen LogP contribution in [0.5, 0.6) is 0 Å². The van der Waals surface area contributed by atoms with E-state index in [0.29, 0.717) is 12.3 Å². The smallest absolute Gasteiger partial charge is 0.433 e. The molecule has 10 heteroatoms. The van der Waals surface area contributed by atoms with E-state index in [0.717, 1.165) is 49.9 Å². The Balaban J connectivity index is 1.77. The Labute approximate surface area is 177 Å². The van der Waals surface area contributed by atoms with Crippen molar-refractivity contribution in [3.8, 4) is 0 Å². The SMILES string of the molecule is CCNC(=O)c1ccc(CSc2nc(N(C)C3CCCCC3)cc(C(F)(F)F)n2)o1. The summed E-state index contributed by atoms with van der Waals surface area (Å²) < 4.78 is 45.7. The Hall–Kier alpha value is -2.23. The number of nitrogens with one attached hydrogen (secondary N) is 1. The summed E-state index contributed by atoms with van der Waals surface area (Å²) in [6.07, 6.45) is 0.625. The number of carbonyl (C=O) groups is 1. The number of hydrogen-bond acceptors (Lipinski definition) is 6. The van der Waals surface area contributed by atoms with E-state index >= 15 is 0 Å². The molecule has 1 N–H and O–H groups in total. The first-order valence-corrected chi connectivity index (χ1v) is 10.9. The molecule has 0 radical (unpaired) electrons. The summed E-state index contributed by atoms with van der Waals surface area (Å²) in [5, 5.41) is 2.66. The molecule has 0 aliphatic heterocycles. The van der Waals surface area contributed by atoms with Crippen molar-refractivity contribution < 1.29 is 22.4 Å². The normalized spacial score (nSPS) is 15.2. The highest BCUT2D eigenvalue weighted by molar-refractivity contribution is 7.98. The van der Waals surface area contributed by atoms with Crippen LogP contribution in [0.3, 0.4) is 0 Å². The van der Waals surface area contributed by atoms with Gasteiger partial charge in [-0.2, -0.15) is 13.2 Å². The van der Waals surface area contributed by atoms with Crippen molar-refractivity contribution in [3.05, 3.63) is 35.4 Å². The topological polar surface area (TPSA) is 71.3 Å². The molecular formula is C20H25F3N4O2S. The molecule has 3 rings (SSSR count). The Bertz CT molecular complexity index is 866. The van der Waals surface area contributed by atoms with Crippen molar-refractivity contribution in [1.82, 2.24) is 15.3 Å². The number of halogens is 3. The van der Waals surface area contributed by atoms with Crippen LogP contribution in [0, 0.1) is 0 Å². The van der Waals surface area contributed by atoms with Gasteiger partial charge in [0.15, 0.2) is 16.6 Å². The van der Waals surface area contributed by atoms with Crippen LogP contribution in [0.15, 0.2) is 27.8 Å². The number of aromatic nitrogens is 2. The number of carbonyl (C=O) groups excluding carboxylic acids is 1. The number of rotatable bonds is 7. The van der Waals surface area contributed by atoms with E-state index in [-0.39, 0.29) is 34.4 Å². The second-order valence-electron chi connectivity index (χ2n) is 7.21. The lowest BCUT2D eigenvalue weighted by molar-refractivity contribution is -0.141. The molecule has 0 unspecified atom stereocenters. The Kier molecular flexibility index (Phi) is 7.27. The monoisotopic (exact) mass is 442 g/mol. The highest BCUT2D eigenvalue weighted by Gasteiger charge is 2.34. The molecule has 6 nitrogen and oxygen atoms in total. The van der Waals surface area contributed by atoms with Gasteiger partial charge in [0.25, 0.3) is 5.91 Å². The van der Waals surface area contributed by atoms with E-state index in [1.165, 1.54) is 6.07 Å². The standard InChI is InChI=1S/C20H25F3N4O2S/c1-3-24-18(28)15-10-9-14(29-15)12-30-19-25-16(20(21,22)23)11-17(26-19)27(2)13-7-5-4-6-8-13/h9-11,13H,3-8,12H2,1-2H3,(H,24,28). The Morgan fingerprint density at radius 2 is 2.00 bits per heavy atom. The van der Waals surface area contributed by atoms with Crippen molar-refractivity contribution in [2.75, 3.05) is 18.5 Å². The highest BCUT2D eigenvalue weighted by Crippen LogP contribution is 2.33. The zero-order valence-corrected chi connectivity index (χ0v) is 17.8. The molecular weight excluding hydrogens is 417 g/mol. The van der Waals surface area contributed by atoms with Crippen molar-refractivity contribution >= 4 is 23.5 Å². The van der Waals surface area contributed by atoms with Gasteiger partial charge in [0.2, 0.25) is 0 Å². The summed E-state index contributed by atoms with van der Waals surface area (Å²) >= 11 is 1.05. The number of alkyl halides is 3. The van der Waals surface area contributed by atoms with Crippen LogP contribution < -0.4 is 10.2 Å². The van der Waals surface area contributed by atoms with Gasteiger partial charge in [0.05, 0.1) is 5.75 Å². The third kappa shape index (κ3) is 5.68. The fourth-order valence-corrected chi connectivity index (χ4v) is 4.17. The number of anilines is 1. The summed E-state index contributed by atoms with van der Waals surface area (Å²) in [5.41, 5.74) is -0.958. The van der Waals surface area contributed by atoms with Crippen molar-refractivity contribution in [1.29, 1.82) is 0 Å². The van der Waals surface area contributed by atoms with Crippen molar-refractivity contribution in [2.45, 2.75) is 62.2 Å². The van der Waals surface area contributed by atoms with E-state index in [1.54, 1.807) is 20.0 Å². The molecule has 0 atom stereocenters. The Morgan fingerprint density at radius 3 is 2.67 bits per heavy atom. The van der Waals surface area contributed by atoms with Crippen molar-refractivity contribution in [3.63, 3.8) is 0 Å². The van der Waals surface area contributed by atoms with Gasteiger partial charge in [-0.05, 0) is 31.9 Å². The summed E-state index contributed by atoms with van der Waals surface area (Å²) in [5.74, 6) is 0.780. The van der Waals surface area contributed by atoms with E-state index in [4.69, 9.17) is 4.42 Å². The molecule has 0 spiro atoms. The number of furan rings is 1. The first-order valence-electron chi connectivity index (χ1n) is 9.96. The molecule has 0 aromatic carbocycles. The first kappa shape index (κ1) is 22.5. The Morgan fingerprint density at radius 1 is 1.27 bits per heavy atom. The average Bonchev–Trinajstić information content (AvgIpc) is 3.21. The summed E-state index contributed by atoms with van der Waals surface area (Å²) in [6.45, 7) is 2.27. The molecule has 1 aliphatic carbocycles. The lowest BCUT2D eigenvalue weighted by atomic mass is 9.94. The summed E-state index contributed by atoms with van der Waals surface area (Å²) in [7, 11) is 1.79. The summed E-state index contributed by atoms with van der Waals surface area (Å²) in [4.78, 5) is 21.7. The van der Waals surface area contributed by atoms with Crippen LogP contribution in [0.2, 0.25) is 0 Å². The number of thioether (sulfide) groups is 1. The lowest BCUT2D eigenvalue weighted by Crippen LogP contribution is -2.34. The first-order chi connectivity index (χ1) is 14.3. The van der Waals surface area contributed by atoms with Gasteiger partial charge in [-0.1, -0.05) is 31.0 Å². The fourth-order valence-electron chi connectivity index (χ4n) is 3.42. The average molecular weight is 443 g/mol. The minimum absolute atomic E-state index is 0.0263. The van der Waals surface area contributed by atoms with Gasteiger partial charge in [0.1, 0.15) is 11.6 Å². The van der Waals surface area contributed by atoms with E-state index in [2.05, 4.69) is 15.3 Å². The highest BCUT2D eigenvalue weighted by atomic mass is 32.2. The predicted molar refractivity (Wildman–Crippen MR) is 109 cm³/mol. The molecule has 1 fully saturated rings. The second kappa shape index (κ2) is 9.72. The van der Waals surface area contributed by atoms with Crippen LogP contribution in [-0.4, -0.2) is 35.5 Å². The molecule has 1 aliphatic rings. The fraction of sp³-hybridized carbons (Fsp3) is 0.550. The molecule has 2 aromatic heterocycles. The number of hydrogen-bond donors (Lipinski definition) is 1. The minimum Gasteiger partial charge on any atom is -0.455 e. The second-order valence-corrected chi connectivity index (χ2v) is 8.15. The molecule has 164 valence electrons. The van der Waals surface area contributed by atoms with Crippen LogP contribution in [-0.2, 0) is 11.9 Å².